The van der Waals surface area contributed by atoms with Crippen LogP contribution in [0.2, 0.25) is 0 Å². The molecule has 3 saturated carbocycles. The van der Waals surface area contributed by atoms with Crippen molar-refractivity contribution < 1.29 is 30.5 Å². The summed E-state index contributed by atoms with van der Waals surface area (Å²) in [7, 11) is 0. The zero-order valence-electron chi connectivity index (χ0n) is 17.1. The first kappa shape index (κ1) is 22.3. The fourth-order valence-corrected chi connectivity index (χ4v) is 30.7. The van der Waals surface area contributed by atoms with E-state index < -0.39 is 17.3 Å². The van der Waals surface area contributed by atoms with Crippen LogP contribution in [-0.2, 0) is 30.5 Å². The second kappa shape index (κ2) is 9.19. The Morgan fingerprint density at radius 3 is 0.929 bits per heavy atom. The molecule has 3 rings (SSSR count). The summed E-state index contributed by atoms with van der Waals surface area (Å²) in [6.07, 6.45) is 16.4. The molecule has 0 amide bonds. The Hall–Kier alpha value is -0.371. The van der Waals surface area contributed by atoms with Crippen molar-refractivity contribution in [2.24, 2.45) is 0 Å². The Morgan fingerprint density at radius 2 is 0.714 bits per heavy atom. The van der Waals surface area contributed by atoms with E-state index >= 15 is 0 Å². The van der Waals surface area contributed by atoms with Crippen molar-refractivity contribution in [1.29, 1.82) is 0 Å². The molecule has 0 unspecified atom stereocenters. The van der Waals surface area contributed by atoms with Crippen LogP contribution in [0.4, 0.5) is 0 Å². The molecule has 3 aliphatic rings. The Labute approximate surface area is 170 Å². The molecule has 0 atom stereocenters. The fraction of sp³-hybridized carbons (Fsp3) is 0.818. The van der Waals surface area contributed by atoms with Crippen LogP contribution in [0.25, 0.3) is 0 Å². The Balaban J connectivity index is 2.30. The summed E-state index contributed by atoms with van der Waals surface area (Å²) in [5, 5.41) is 2.67. The average Bonchev–Trinajstić information content (AvgIpc) is 2.80. The van der Waals surface area contributed by atoms with Gasteiger partial charge in [-0.2, -0.15) is 0 Å². The second-order valence-electron chi connectivity index (χ2n) is 9.26. The van der Waals surface area contributed by atoms with Gasteiger partial charge in [0.25, 0.3) is 0 Å². The van der Waals surface area contributed by atoms with Gasteiger partial charge in [-0.3, -0.25) is 0 Å². The van der Waals surface area contributed by atoms with Gasteiger partial charge in [-0.05, 0) is 0 Å². The van der Waals surface area contributed by atoms with Gasteiger partial charge in [-0.1, -0.05) is 0 Å². The minimum absolute atomic E-state index is 0.293. The van der Waals surface area contributed by atoms with Crippen LogP contribution < -0.4 is 0 Å². The SMILES string of the molecule is O=[CH][Fe]([CH]=O)([CH]=O)([CH]=O)[PH](C1CCCCC1)(C1CCCCC1)C1CCCCC1. The standard InChI is InChI=1S/C18H33P.4CHO.Fe/c1-4-10-16(11-5-1)19(17-12-6-2-7-13-17)18-14-8-3-9-15-18;4*1-2;/h16-18H,1-15H2;4*1H;/q;;;;;-1/p+1. The molecule has 3 aliphatic carbocycles. The van der Waals surface area contributed by atoms with Gasteiger partial charge in [0.1, 0.15) is 0 Å². The molecule has 6 heteroatoms. The van der Waals surface area contributed by atoms with Crippen LogP contribution in [-0.4, -0.2) is 37.7 Å². The van der Waals surface area contributed by atoms with Crippen LogP contribution in [0.1, 0.15) is 96.3 Å². The molecule has 0 aliphatic heterocycles. The van der Waals surface area contributed by atoms with Gasteiger partial charge in [0.2, 0.25) is 0 Å². The molecule has 28 heavy (non-hydrogen) atoms. The van der Waals surface area contributed by atoms with E-state index in [1.807, 2.05) is 0 Å². The molecule has 4 nitrogen and oxygen atoms in total. The molecule has 163 valence electrons. The second-order valence-corrected chi connectivity index (χ2v) is 24.1. The molecule has 0 saturated heterocycles. The third-order valence-electron chi connectivity index (χ3n) is 8.11. The van der Waals surface area contributed by atoms with Crippen LogP contribution in [0.3, 0.4) is 0 Å². The van der Waals surface area contributed by atoms with Gasteiger partial charge in [-0.15, -0.1) is 0 Å². The fourth-order valence-electron chi connectivity index (χ4n) is 7.02. The first-order valence-corrected chi connectivity index (χ1v) is 17.5. The van der Waals surface area contributed by atoms with E-state index in [2.05, 4.69) is 0 Å². The molecule has 0 heterocycles. The third-order valence-corrected chi connectivity index (χ3v) is 29.3. The van der Waals surface area contributed by atoms with Gasteiger partial charge in [0.05, 0.1) is 0 Å². The van der Waals surface area contributed by atoms with E-state index in [4.69, 9.17) is 0 Å². The summed E-state index contributed by atoms with van der Waals surface area (Å²) in [6, 6.07) is 0. The maximum atomic E-state index is 12.8. The number of carbonyl (C=O) groups is 4. The van der Waals surface area contributed by atoms with E-state index in [1.165, 1.54) is 19.3 Å². The molecular formula is C22H38FeO4P. The van der Waals surface area contributed by atoms with Gasteiger partial charge >= 0.3 is 171 Å². The van der Waals surface area contributed by atoms with E-state index in [-0.39, 0.29) is 0 Å². The Bertz CT molecular complexity index is 500. The zero-order valence-corrected chi connectivity index (χ0v) is 19.2. The Morgan fingerprint density at radius 1 is 0.464 bits per heavy atom. The Kier molecular flexibility index (Phi) is 7.32. The topological polar surface area (TPSA) is 68.3 Å². The van der Waals surface area contributed by atoms with Crippen LogP contribution in [0, 0.1) is 0 Å². The quantitative estimate of drug-likeness (QED) is 0.291. The normalized spacial score (nSPS) is 25.9. The number of rotatable bonds is 8. The van der Waals surface area contributed by atoms with E-state index in [1.54, 1.807) is 0 Å². The maximum absolute atomic E-state index is 12.8. The van der Waals surface area contributed by atoms with Crippen molar-refractivity contribution in [2.75, 3.05) is 0 Å². The van der Waals surface area contributed by atoms with Gasteiger partial charge in [-0.25, -0.2) is 0 Å². The molecular weight excluding hydrogens is 415 g/mol. The summed E-state index contributed by atoms with van der Waals surface area (Å²) < 4.78 is 0. The van der Waals surface area contributed by atoms with Crippen LogP contribution >= 0.6 is 5.95 Å². The van der Waals surface area contributed by atoms with Gasteiger partial charge < -0.3 is 0 Å². The first-order chi connectivity index (χ1) is 13.6. The zero-order chi connectivity index (χ0) is 20.1. The van der Waals surface area contributed by atoms with E-state index in [0.29, 0.717) is 37.7 Å². The van der Waals surface area contributed by atoms with Crippen molar-refractivity contribution >= 4 is 26.7 Å². The number of hydrogen-bond acceptors (Lipinski definition) is 4. The molecule has 0 bridgehead atoms. The van der Waals surface area contributed by atoms with Crippen molar-refractivity contribution in [3.05, 3.63) is 0 Å². The minimum atomic E-state index is -4.54. The van der Waals surface area contributed by atoms with Crippen molar-refractivity contribution in [2.45, 2.75) is 113 Å². The molecule has 0 spiro atoms. The van der Waals surface area contributed by atoms with Gasteiger partial charge in [0, 0.05) is 0 Å². The van der Waals surface area contributed by atoms with Gasteiger partial charge in [0.15, 0.2) is 0 Å². The third kappa shape index (κ3) is 3.21. The number of hydrogen-bond donors (Lipinski definition) is 0. The van der Waals surface area contributed by atoms with Crippen LogP contribution in [0.5, 0.6) is 0 Å². The van der Waals surface area contributed by atoms with E-state index in [0.717, 1.165) is 77.0 Å². The predicted octanol–water partition coefficient (Wildman–Crippen LogP) is 5.10. The van der Waals surface area contributed by atoms with Crippen molar-refractivity contribution in [1.82, 2.24) is 0 Å². The van der Waals surface area contributed by atoms with Crippen LogP contribution in [0.15, 0.2) is 0 Å². The average molecular weight is 453 g/mol. The summed E-state index contributed by atoms with van der Waals surface area (Å²) in [6.45, 7) is 0. The predicted molar refractivity (Wildman–Crippen MR) is 116 cm³/mol. The molecule has 3 fully saturated rings. The summed E-state index contributed by atoms with van der Waals surface area (Å²) >= 11 is -4.54. The molecule has 0 aromatic heterocycles. The summed E-state index contributed by atoms with van der Waals surface area (Å²) in [4.78, 5) is 51.3. The molecule has 0 aromatic rings. The van der Waals surface area contributed by atoms with Crippen molar-refractivity contribution in [3.63, 3.8) is 0 Å². The molecule has 0 aromatic carbocycles. The number of carbonyl (C=O) groups excluding carboxylic acids is 4. The monoisotopic (exact) mass is 453 g/mol. The summed E-state index contributed by atoms with van der Waals surface area (Å²) in [5.74, 6) is -2.85. The van der Waals surface area contributed by atoms with E-state index in [9.17, 15) is 19.2 Å². The summed E-state index contributed by atoms with van der Waals surface area (Å²) in [5.41, 5.74) is 0.878. The molecule has 0 radical (unpaired) electrons. The molecule has 0 N–H and O–H groups in total. The first-order valence-electron chi connectivity index (χ1n) is 11.3. The van der Waals surface area contributed by atoms with Crippen molar-refractivity contribution in [3.8, 4) is 0 Å².